The number of carbonyl (C=O) groups excluding carboxylic acids is 3. The maximum Gasteiger partial charge on any atom is 0.338 e. The molecule has 1 N–H and O–H groups in total. The van der Waals surface area contributed by atoms with Crippen LogP contribution >= 0.6 is 0 Å². The lowest BCUT2D eigenvalue weighted by molar-refractivity contribution is -0.130. The Morgan fingerprint density at radius 2 is 2.04 bits per heavy atom. The Kier molecular flexibility index (Phi) is 5.98. The highest BCUT2D eigenvalue weighted by atomic mass is 32.2. The number of nitrogens with one attached hydrogen (secondary N) is 1. The smallest absolute Gasteiger partial charge is 0.338 e. The third-order valence-electron chi connectivity index (χ3n) is 3.96. The summed E-state index contributed by atoms with van der Waals surface area (Å²) in [5, 5.41) is 2.47. The molecule has 0 aliphatic carbocycles. The first kappa shape index (κ1) is 19.9. The minimum Gasteiger partial charge on any atom is -0.452 e. The van der Waals surface area contributed by atoms with Crippen LogP contribution in [0.4, 0.5) is 4.79 Å². The molecule has 2 rings (SSSR count). The largest absolute Gasteiger partial charge is 0.452 e. The molecule has 10 heteroatoms. The maximum absolute atomic E-state index is 12.5. The third kappa shape index (κ3) is 4.20. The lowest BCUT2D eigenvalue weighted by Crippen LogP contribution is -2.37. The van der Waals surface area contributed by atoms with Gasteiger partial charge < -0.3 is 10.1 Å². The van der Waals surface area contributed by atoms with Crippen molar-refractivity contribution in [2.24, 2.45) is 0 Å². The van der Waals surface area contributed by atoms with Crippen molar-refractivity contribution in [3.8, 4) is 0 Å². The van der Waals surface area contributed by atoms with Gasteiger partial charge in [-0.05, 0) is 32.0 Å². The minimum atomic E-state index is -3.75. The van der Waals surface area contributed by atoms with Crippen LogP contribution in [0.15, 0.2) is 29.2 Å². The van der Waals surface area contributed by atoms with E-state index < -0.39 is 34.5 Å². The van der Waals surface area contributed by atoms with Crippen LogP contribution in [0.2, 0.25) is 0 Å². The molecule has 1 heterocycles. The van der Waals surface area contributed by atoms with Gasteiger partial charge in [0.2, 0.25) is 10.0 Å². The Bertz CT molecular complexity index is 821. The highest BCUT2D eigenvalue weighted by Gasteiger charge is 2.27. The summed E-state index contributed by atoms with van der Waals surface area (Å²) in [6.45, 7) is 3.42. The van der Waals surface area contributed by atoms with Crippen molar-refractivity contribution in [2.45, 2.75) is 24.8 Å². The number of nitrogens with zero attached hydrogens (tertiary/aromatic N) is 2. The fourth-order valence-electron chi connectivity index (χ4n) is 2.23. The zero-order valence-corrected chi connectivity index (χ0v) is 15.6. The molecule has 3 amide bonds. The van der Waals surface area contributed by atoms with Crippen molar-refractivity contribution in [1.82, 2.24) is 14.5 Å². The van der Waals surface area contributed by atoms with Crippen LogP contribution < -0.4 is 5.32 Å². The number of hydrogen-bond donors (Lipinski definition) is 1. The minimum absolute atomic E-state index is 0.00176. The van der Waals surface area contributed by atoms with E-state index >= 15 is 0 Å². The van der Waals surface area contributed by atoms with E-state index in [0.717, 1.165) is 4.90 Å². The predicted molar refractivity (Wildman–Crippen MR) is 91.9 cm³/mol. The molecule has 142 valence electrons. The Hall–Kier alpha value is -2.46. The lowest BCUT2D eigenvalue weighted by Gasteiger charge is -2.21. The molecule has 9 nitrogen and oxygen atoms in total. The van der Waals surface area contributed by atoms with E-state index in [4.69, 9.17) is 4.74 Å². The first-order valence-electron chi connectivity index (χ1n) is 7.98. The molecule has 1 aromatic carbocycles. The second-order valence-electron chi connectivity index (χ2n) is 6.00. The SMILES string of the molecule is CC(C)N(C)S(=O)(=O)c1cccc(C(=O)OCC(=O)N2CCNC2=O)c1. The van der Waals surface area contributed by atoms with Crippen LogP contribution in [0, 0.1) is 0 Å². The second-order valence-corrected chi connectivity index (χ2v) is 7.99. The number of esters is 1. The second kappa shape index (κ2) is 7.83. The third-order valence-corrected chi connectivity index (χ3v) is 5.99. The van der Waals surface area contributed by atoms with Crippen LogP contribution in [0.3, 0.4) is 0 Å². The highest BCUT2D eigenvalue weighted by molar-refractivity contribution is 7.89. The standard InChI is InChI=1S/C16H21N3O6S/c1-11(2)18(3)26(23,24)13-6-4-5-12(9-13)15(21)25-10-14(20)19-8-7-17-16(19)22/h4-6,9,11H,7-8,10H2,1-3H3,(H,17,22). The van der Waals surface area contributed by atoms with Gasteiger partial charge in [-0.1, -0.05) is 6.07 Å². The normalized spacial score (nSPS) is 14.7. The molecule has 1 saturated heterocycles. The van der Waals surface area contributed by atoms with Gasteiger partial charge in [-0.25, -0.2) is 18.0 Å². The van der Waals surface area contributed by atoms with Crippen LogP contribution in [0.1, 0.15) is 24.2 Å². The van der Waals surface area contributed by atoms with Gasteiger partial charge in [0.15, 0.2) is 6.61 Å². The zero-order chi connectivity index (χ0) is 19.5. The van der Waals surface area contributed by atoms with Gasteiger partial charge in [0, 0.05) is 26.2 Å². The van der Waals surface area contributed by atoms with E-state index in [0.29, 0.717) is 6.54 Å². The first-order chi connectivity index (χ1) is 12.1. The topological polar surface area (TPSA) is 113 Å². The number of sulfonamides is 1. The highest BCUT2D eigenvalue weighted by Crippen LogP contribution is 2.18. The lowest BCUT2D eigenvalue weighted by atomic mass is 10.2. The Balaban J connectivity index is 2.08. The Morgan fingerprint density at radius 3 is 2.62 bits per heavy atom. The van der Waals surface area contributed by atoms with Gasteiger partial charge in [0.25, 0.3) is 5.91 Å². The van der Waals surface area contributed by atoms with Gasteiger partial charge >= 0.3 is 12.0 Å². The van der Waals surface area contributed by atoms with E-state index in [1.165, 1.54) is 35.6 Å². The average Bonchev–Trinajstić information content (AvgIpc) is 3.04. The molecule has 1 aliphatic heterocycles. The maximum atomic E-state index is 12.5. The van der Waals surface area contributed by atoms with Crippen molar-refractivity contribution in [2.75, 3.05) is 26.7 Å². The fraction of sp³-hybridized carbons (Fsp3) is 0.438. The van der Waals surface area contributed by atoms with Crippen molar-refractivity contribution in [1.29, 1.82) is 0 Å². The zero-order valence-electron chi connectivity index (χ0n) is 14.8. The fourth-order valence-corrected chi connectivity index (χ4v) is 3.64. The number of amides is 3. The molecular weight excluding hydrogens is 362 g/mol. The molecule has 0 bridgehead atoms. The summed E-state index contributed by atoms with van der Waals surface area (Å²) in [4.78, 5) is 36.3. The summed E-state index contributed by atoms with van der Waals surface area (Å²) in [7, 11) is -2.30. The number of urea groups is 1. The quantitative estimate of drug-likeness (QED) is 0.713. The van der Waals surface area contributed by atoms with Crippen molar-refractivity contribution >= 4 is 27.9 Å². The molecule has 0 atom stereocenters. The van der Waals surface area contributed by atoms with Gasteiger partial charge in [0.1, 0.15) is 0 Å². The molecule has 26 heavy (non-hydrogen) atoms. The van der Waals surface area contributed by atoms with Crippen LogP contribution in [-0.2, 0) is 19.6 Å². The summed E-state index contributed by atoms with van der Waals surface area (Å²) in [6, 6.07) is 4.61. The van der Waals surface area contributed by atoms with Gasteiger partial charge in [-0.3, -0.25) is 9.69 Å². The molecule has 0 saturated carbocycles. The number of hydrogen-bond acceptors (Lipinski definition) is 6. The molecule has 0 aromatic heterocycles. The van der Waals surface area contributed by atoms with Crippen molar-refractivity contribution in [3.63, 3.8) is 0 Å². The number of rotatable bonds is 6. The van der Waals surface area contributed by atoms with E-state index in [2.05, 4.69) is 5.32 Å². The summed E-state index contributed by atoms with van der Waals surface area (Å²) in [6.07, 6.45) is 0. The van der Waals surface area contributed by atoms with Gasteiger partial charge in [-0.15, -0.1) is 0 Å². The average molecular weight is 383 g/mol. The van der Waals surface area contributed by atoms with E-state index in [1.54, 1.807) is 13.8 Å². The molecular formula is C16H21N3O6S. The molecule has 0 unspecified atom stereocenters. The molecule has 1 fully saturated rings. The van der Waals surface area contributed by atoms with Crippen LogP contribution in [0.5, 0.6) is 0 Å². The van der Waals surface area contributed by atoms with Gasteiger partial charge in [0.05, 0.1) is 10.5 Å². The van der Waals surface area contributed by atoms with Crippen molar-refractivity contribution in [3.05, 3.63) is 29.8 Å². The molecule has 1 aromatic rings. The summed E-state index contributed by atoms with van der Waals surface area (Å²) in [5.41, 5.74) is 0.00176. The van der Waals surface area contributed by atoms with Crippen molar-refractivity contribution < 1.29 is 27.5 Å². The molecule has 0 radical (unpaired) electrons. The van der Waals surface area contributed by atoms with E-state index in [1.807, 2.05) is 0 Å². The summed E-state index contributed by atoms with van der Waals surface area (Å²) < 4.78 is 31.1. The van der Waals surface area contributed by atoms with E-state index in [9.17, 15) is 22.8 Å². The summed E-state index contributed by atoms with van der Waals surface area (Å²) >= 11 is 0. The predicted octanol–water partition coefficient (Wildman–Crippen LogP) is 0.424. The van der Waals surface area contributed by atoms with Crippen LogP contribution in [0.25, 0.3) is 0 Å². The number of benzene rings is 1. The number of ether oxygens (including phenoxy) is 1. The van der Waals surface area contributed by atoms with Gasteiger partial charge in [-0.2, -0.15) is 4.31 Å². The van der Waals surface area contributed by atoms with E-state index in [-0.39, 0.29) is 23.0 Å². The molecule has 1 aliphatic rings. The first-order valence-corrected chi connectivity index (χ1v) is 9.42. The summed E-state index contributed by atoms with van der Waals surface area (Å²) in [5.74, 6) is -1.49. The Morgan fingerprint density at radius 1 is 1.35 bits per heavy atom. The number of imide groups is 1. The molecule has 0 spiro atoms. The Labute approximate surface area is 152 Å². The monoisotopic (exact) mass is 383 g/mol. The number of carbonyl (C=O) groups is 3. The van der Waals surface area contributed by atoms with Crippen LogP contribution in [-0.4, -0.2) is 68.3 Å².